The van der Waals surface area contributed by atoms with E-state index >= 15 is 0 Å². The van der Waals surface area contributed by atoms with Crippen molar-refractivity contribution in [3.05, 3.63) is 94.6 Å². The number of nitrogens with one attached hydrogen (secondary N) is 2. The Kier molecular flexibility index (Phi) is 6.68. The highest BCUT2D eigenvalue weighted by molar-refractivity contribution is 5.97. The fraction of sp³-hybridized carbons (Fsp3) is 0.154. The lowest BCUT2D eigenvalue weighted by atomic mass is 10.1. The van der Waals surface area contributed by atoms with Gasteiger partial charge in [-0.2, -0.15) is 0 Å². The van der Waals surface area contributed by atoms with Crippen LogP contribution in [-0.4, -0.2) is 28.6 Å². The minimum Gasteiger partial charge on any atom is -0.451 e. The number of imide groups is 1. The molecule has 0 spiro atoms. The number of benzene rings is 3. The predicted octanol–water partition coefficient (Wildman–Crippen LogP) is 3.11. The van der Waals surface area contributed by atoms with Crippen LogP contribution in [0, 0.1) is 0 Å². The highest BCUT2D eigenvalue weighted by atomic mass is 16.5. The van der Waals surface area contributed by atoms with Gasteiger partial charge in [0.15, 0.2) is 11.5 Å². The number of esters is 1. The average Bonchev–Trinajstić information content (AvgIpc) is 2.86. The molecule has 4 aromatic rings. The second kappa shape index (κ2) is 9.99. The fourth-order valence-corrected chi connectivity index (χ4v) is 3.70. The number of nitrogens with zero attached hydrogens (tertiary/aromatic N) is 1. The summed E-state index contributed by atoms with van der Waals surface area (Å²) in [4.78, 5) is 49.9. The molecule has 0 saturated heterocycles. The van der Waals surface area contributed by atoms with Gasteiger partial charge in [0.2, 0.25) is 0 Å². The summed E-state index contributed by atoms with van der Waals surface area (Å²) >= 11 is 0. The number of fused-ring (bicyclic) bond motifs is 2. The van der Waals surface area contributed by atoms with Gasteiger partial charge in [0.05, 0.1) is 11.0 Å². The molecule has 0 aliphatic carbocycles. The van der Waals surface area contributed by atoms with Crippen molar-refractivity contribution in [1.82, 2.24) is 15.2 Å². The lowest BCUT2D eigenvalue weighted by Crippen LogP contribution is -2.44. The van der Waals surface area contributed by atoms with Crippen LogP contribution in [0.15, 0.2) is 83.7 Å². The molecular weight excluding hydrogens is 434 g/mol. The van der Waals surface area contributed by atoms with Crippen LogP contribution in [0.25, 0.3) is 21.8 Å². The summed E-state index contributed by atoms with van der Waals surface area (Å²) in [5, 5.41) is 5.71. The first-order valence-electron chi connectivity index (χ1n) is 10.8. The van der Waals surface area contributed by atoms with Gasteiger partial charge in [0, 0.05) is 17.3 Å². The van der Waals surface area contributed by atoms with Crippen LogP contribution in [0.4, 0.5) is 4.79 Å². The number of hydrogen-bond donors (Lipinski definition) is 2. The molecule has 1 heterocycles. The molecule has 1 aromatic heterocycles. The van der Waals surface area contributed by atoms with Crippen LogP contribution in [0.1, 0.15) is 12.5 Å². The minimum atomic E-state index is -1.19. The first kappa shape index (κ1) is 22.7. The van der Waals surface area contributed by atoms with Crippen molar-refractivity contribution in [3.8, 4) is 0 Å². The number of aromatic nitrogens is 1. The molecule has 172 valence electrons. The number of hydrogen-bond acceptors (Lipinski definition) is 5. The van der Waals surface area contributed by atoms with Gasteiger partial charge in [-0.25, -0.2) is 4.79 Å². The van der Waals surface area contributed by atoms with E-state index in [-0.39, 0.29) is 18.5 Å². The van der Waals surface area contributed by atoms with Gasteiger partial charge in [0.1, 0.15) is 6.54 Å². The molecule has 0 aliphatic heterocycles. The Morgan fingerprint density at radius 3 is 2.03 bits per heavy atom. The van der Waals surface area contributed by atoms with Gasteiger partial charge >= 0.3 is 12.0 Å². The van der Waals surface area contributed by atoms with Gasteiger partial charge in [-0.3, -0.25) is 19.7 Å². The summed E-state index contributed by atoms with van der Waals surface area (Å²) in [6.45, 7) is 1.43. The Hall–Kier alpha value is -4.46. The summed E-state index contributed by atoms with van der Waals surface area (Å²) in [5.41, 5.74) is 1.93. The molecule has 4 rings (SSSR count). The van der Waals surface area contributed by atoms with Crippen molar-refractivity contribution in [2.75, 3.05) is 0 Å². The van der Waals surface area contributed by atoms with E-state index in [2.05, 4.69) is 10.6 Å². The Balaban J connectivity index is 1.43. The standard InChI is InChI=1S/C26H23N3O5/c1-17(25(32)28-26(33)27-15-18-9-3-2-4-10-18)34-23(30)16-29-21-13-7-5-11-19(21)24(31)20-12-6-8-14-22(20)29/h2-14,17H,15-16H2,1H3,(H2,27,28,32,33). The number of carbonyl (C=O) groups excluding carboxylic acids is 3. The first-order valence-corrected chi connectivity index (χ1v) is 10.8. The predicted molar refractivity (Wildman–Crippen MR) is 128 cm³/mol. The topological polar surface area (TPSA) is 106 Å². The molecule has 8 heteroatoms. The largest absolute Gasteiger partial charge is 0.451 e. The van der Waals surface area contributed by atoms with Crippen LogP contribution >= 0.6 is 0 Å². The zero-order valence-corrected chi connectivity index (χ0v) is 18.5. The number of ether oxygens (including phenoxy) is 1. The minimum absolute atomic E-state index is 0.120. The maximum absolute atomic E-state index is 12.8. The molecule has 1 atom stereocenters. The van der Waals surface area contributed by atoms with E-state index in [0.29, 0.717) is 21.8 Å². The Morgan fingerprint density at radius 2 is 1.41 bits per heavy atom. The highest BCUT2D eigenvalue weighted by Gasteiger charge is 2.21. The van der Waals surface area contributed by atoms with Crippen molar-refractivity contribution >= 4 is 39.7 Å². The number of para-hydroxylation sites is 2. The van der Waals surface area contributed by atoms with Gasteiger partial charge in [-0.05, 0) is 36.8 Å². The molecule has 34 heavy (non-hydrogen) atoms. The molecule has 0 fully saturated rings. The molecule has 0 bridgehead atoms. The lowest BCUT2D eigenvalue weighted by molar-refractivity contribution is -0.154. The fourth-order valence-electron chi connectivity index (χ4n) is 3.70. The maximum atomic E-state index is 12.8. The number of amides is 3. The summed E-state index contributed by atoms with van der Waals surface area (Å²) in [6, 6.07) is 22.6. The van der Waals surface area contributed by atoms with Crippen LogP contribution in [-0.2, 0) is 27.4 Å². The summed E-state index contributed by atoms with van der Waals surface area (Å²) < 4.78 is 6.96. The zero-order valence-electron chi connectivity index (χ0n) is 18.5. The smallest absolute Gasteiger partial charge is 0.326 e. The third kappa shape index (κ3) is 4.96. The Bertz CT molecular complexity index is 1370. The third-order valence-electron chi connectivity index (χ3n) is 5.38. The number of pyridine rings is 1. The van der Waals surface area contributed by atoms with Crippen LogP contribution in [0.5, 0.6) is 0 Å². The molecule has 3 amide bonds. The van der Waals surface area contributed by atoms with E-state index in [1.54, 1.807) is 53.1 Å². The van der Waals surface area contributed by atoms with E-state index < -0.39 is 24.0 Å². The van der Waals surface area contributed by atoms with Crippen molar-refractivity contribution in [1.29, 1.82) is 0 Å². The van der Waals surface area contributed by atoms with Gasteiger partial charge in [-0.15, -0.1) is 0 Å². The Morgan fingerprint density at radius 1 is 0.853 bits per heavy atom. The quantitative estimate of drug-likeness (QED) is 0.342. The van der Waals surface area contributed by atoms with E-state index in [9.17, 15) is 19.2 Å². The lowest BCUT2D eigenvalue weighted by Gasteiger charge is -2.17. The number of urea groups is 1. The summed E-state index contributed by atoms with van der Waals surface area (Å²) in [7, 11) is 0. The second-order valence-corrected chi connectivity index (χ2v) is 7.74. The molecule has 0 aliphatic rings. The second-order valence-electron chi connectivity index (χ2n) is 7.74. The van der Waals surface area contributed by atoms with Gasteiger partial charge in [-0.1, -0.05) is 54.6 Å². The number of carbonyl (C=O) groups is 3. The van der Waals surface area contributed by atoms with Crippen LogP contribution < -0.4 is 16.1 Å². The monoisotopic (exact) mass is 457 g/mol. The van der Waals surface area contributed by atoms with Crippen molar-refractivity contribution in [3.63, 3.8) is 0 Å². The highest BCUT2D eigenvalue weighted by Crippen LogP contribution is 2.19. The van der Waals surface area contributed by atoms with Crippen molar-refractivity contribution < 1.29 is 19.1 Å². The molecular formula is C26H23N3O5. The van der Waals surface area contributed by atoms with Crippen molar-refractivity contribution in [2.24, 2.45) is 0 Å². The SMILES string of the molecule is CC(OC(=O)Cn1c2ccccc2c(=O)c2ccccc21)C(=O)NC(=O)NCc1ccccc1. The van der Waals surface area contributed by atoms with E-state index in [1.807, 2.05) is 30.3 Å². The summed E-state index contributed by atoms with van der Waals surface area (Å²) in [5.74, 6) is -1.42. The third-order valence-corrected chi connectivity index (χ3v) is 5.38. The van der Waals surface area contributed by atoms with E-state index in [1.165, 1.54) is 6.92 Å². The van der Waals surface area contributed by atoms with Crippen LogP contribution in [0.3, 0.4) is 0 Å². The Labute approximate surface area is 195 Å². The first-order chi connectivity index (χ1) is 16.4. The maximum Gasteiger partial charge on any atom is 0.326 e. The normalized spacial score (nSPS) is 11.7. The molecule has 0 radical (unpaired) electrons. The molecule has 3 aromatic carbocycles. The molecule has 1 unspecified atom stereocenters. The molecule has 2 N–H and O–H groups in total. The van der Waals surface area contributed by atoms with E-state index in [4.69, 9.17) is 4.74 Å². The van der Waals surface area contributed by atoms with E-state index in [0.717, 1.165) is 5.56 Å². The zero-order chi connectivity index (χ0) is 24.1. The van der Waals surface area contributed by atoms with Crippen LogP contribution in [0.2, 0.25) is 0 Å². The van der Waals surface area contributed by atoms with Gasteiger partial charge in [0.25, 0.3) is 5.91 Å². The van der Waals surface area contributed by atoms with Gasteiger partial charge < -0.3 is 14.6 Å². The molecule has 8 nitrogen and oxygen atoms in total. The molecule has 0 saturated carbocycles. The number of rotatable bonds is 6. The van der Waals surface area contributed by atoms with Crippen molar-refractivity contribution in [2.45, 2.75) is 26.1 Å². The average molecular weight is 457 g/mol. The summed E-state index contributed by atoms with van der Waals surface area (Å²) in [6.07, 6.45) is -1.19.